The van der Waals surface area contributed by atoms with Crippen LogP contribution in [0.4, 0.5) is 0 Å². The Morgan fingerprint density at radius 3 is 2.81 bits per heavy atom. The zero-order chi connectivity index (χ0) is 15.7. The average Bonchev–Trinajstić information content (AvgIpc) is 2.45. The van der Waals surface area contributed by atoms with Gasteiger partial charge >= 0.3 is 0 Å². The SMILES string of the molecule is C[NH+](CCO)CCOc1cccc(C(=O)NCC(=O)[O-])c1. The summed E-state index contributed by atoms with van der Waals surface area (Å²) in [4.78, 5) is 23.1. The van der Waals surface area contributed by atoms with Crippen LogP contribution in [-0.4, -0.2) is 56.9 Å². The maximum absolute atomic E-state index is 11.7. The molecule has 0 bridgehead atoms. The Balaban J connectivity index is 2.48. The molecule has 7 heteroatoms. The molecule has 0 fully saturated rings. The van der Waals surface area contributed by atoms with Gasteiger partial charge in [-0.15, -0.1) is 0 Å². The van der Waals surface area contributed by atoms with Gasteiger partial charge in [0.25, 0.3) is 5.91 Å². The van der Waals surface area contributed by atoms with Gasteiger partial charge in [0, 0.05) is 5.56 Å². The van der Waals surface area contributed by atoms with Crippen molar-refractivity contribution in [2.45, 2.75) is 0 Å². The van der Waals surface area contributed by atoms with Crippen LogP contribution in [0.2, 0.25) is 0 Å². The number of rotatable bonds is 9. The maximum Gasteiger partial charge on any atom is 0.251 e. The van der Waals surface area contributed by atoms with E-state index in [1.807, 2.05) is 7.05 Å². The molecule has 0 spiro atoms. The number of hydrogen-bond acceptors (Lipinski definition) is 5. The minimum absolute atomic E-state index is 0.125. The number of amides is 1. The summed E-state index contributed by atoms with van der Waals surface area (Å²) in [6.45, 7) is 1.42. The Kier molecular flexibility index (Phi) is 7.20. The molecule has 0 radical (unpaired) electrons. The molecular formula is C14H20N2O5. The Morgan fingerprint density at radius 1 is 1.38 bits per heavy atom. The second-order valence-electron chi connectivity index (χ2n) is 4.61. The van der Waals surface area contributed by atoms with Gasteiger partial charge in [0.1, 0.15) is 25.4 Å². The molecule has 0 aliphatic carbocycles. The second kappa shape index (κ2) is 8.93. The summed E-state index contributed by atoms with van der Waals surface area (Å²) in [5, 5.41) is 21.3. The van der Waals surface area contributed by atoms with Crippen LogP contribution >= 0.6 is 0 Å². The van der Waals surface area contributed by atoms with E-state index >= 15 is 0 Å². The molecule has 1 aromatic rings. The monoisotopic (exact) mass is 296 g/mol. The number of carboxylic acids is 1. The first-order valence-corrected chi connectivity index (χ1v) is 6.66. The van der Waals surface area contributed by atoms with Crippen molar-refractivity contribution < 1.29 is 29.4 Å². The van der Waals surface area contributed by atoms with Gasteiger partial charge in [0.15, 0.2) is 0 Å². The highest BCUT2D eigenvalue weighted by molar-refractivity contribution is 5.95. The number of carbonyl (C=O) groups is 2. The summed E-state index contributed by atoms with van der Waals surface area (Å²) in [7, 11) is 1.95. The van der Waals surface area contributed by atoms with E-state index in [4.69, 9.17) is 9.84 Å². The van der Waals surface area contributed by atoms with E-state index in [0.717, 1.165) is 11.4 Å². The highest BCUT2D eigenvalue weighted by Crippen LogP contribution is 2.12. The lowest BCUT2D eigenvalue weighted by molar-refractivity contribution is -0.880. The highest BCUT2D eigenvalue weighted by Gasteiger charge is 2.07. The topological polar surface area (TPSA) is 103 Å². The maximum atomic E-state index is 11.7. The van der Waals surface area contributed by atoms with Crippen molar-refractivity contribution in [2.75, 3.05) is 39.9 Å². The average molecular weight is 296 g/mol. The van der Waals surface area contributed by atoms with E-state index < -0.39 is 18.4 Å². The Bertz CT molecular complexity index is 478. The number of nitrogens with one attached hydrogen (secondary N) is 2. The van der Waals surface area contributed by atoms with Crippen LogP contribution in [0.3, 0.4) is 0 Å². The number of hydrogen-bond donors (Lipinski definition) is 3. The van der Waals surface area contributed by atoms with E-state index in [9.17, 15) is 14.7 Å². The van der Waals surface area contributed by atoms with Crippen molar-refractivity contribution in [1.29, 1.82) is 0 Å². The van der Waals surface area contributed by atoms with Crippen LogP contribution in [0.5, 0.6) is 5.75 Å². The van der Waals surface area contributed by atoms with Crippen LogP contribution in [0, 0.1) is 0 Å². The fourth-order valence-corrected chi connectivity index (χ4v) is 1.64. The molecule has 3 N–H and O–H groups in total. The van der Waals surface area contributed by atoms with Gasteiger partial charge < -0.3 is 30.0 Å². The first-order valence-electron chi connectivity index (χ1n) is 6.66. The van der Waals surface area contributed by atoms with Crippen molar-refractivity contribution in [2.24, 2.45) is 0 Å². The number of carboxylic acid groups (broad SMARTS) is 1. The minimum atomic E-state index is -1.34. The molecule has 0 saturated carbocycles. The van der Waals surface area contributed by atoms with Crippen LogP contribution in [0.25, 0.3) is 0 Å². The molecule has 0 saturated heterocycles. The van der Waals surface area contributed by atoms with Crippen molar-refractivity contribution in [1.82, 2.24) is 5.32 Å². The molecule has 0 aliphatic heterocycles. The minimum Gasteiger partial charge on any atom is -0.548 e. The van der Waals surface area contributed by atoms with Gasteiger partial charge in [-0.2, -0.15) is 0 Å². The summed E-state index contributed by atoms with van der Waals surface area (Å²) < 4.78 is 5.53. The molecule has 1 unspecified atom stereocenters. The predicted octanol–water partition coefficient (Wildman–Crippen LogP) is -2.95. The van der Waals surface area contributed by atoms with Gasteiger partial charge in [-0.05, 0) is 18.2 Å². The van der Waals surface area contributed by atoms with E-state index in [-0.39, 0.29) is 6.61 Å². The summed E-state index contributed by atoms with van der Waals surface area (Å²) >= 11 is 0. The molecule has 1 amide bonds. The zero-order valence-corrected chi connectivity index (χ0v) is 11.9. The van der Waals surface area contributed by atoms with Gasteiger partial charge in [-0.3, -0.25) is 4.79 Å². The smallest absolute Gasteiger partial charge is 0.251 e. The van der Waals surface area contributed by atoms with E-state index in [1.165, 1.54) is 0 Å². The van der Waals surface area contributed by atoms with Crippen LogP contribution < -0.4 is 20.1 Å². The van der Waals surface area contributed by atoms with Gasteiger partial charge in [0.2, 0.25) is 0 Å². The standard InChI is InChI=1S/C14H20N2O5/c1-16(5-7-17)6-8-21-12-4-2-3-11(9-12)14(20)15-10-13(18)19/h2-4,9,17H,5-8,10H2,1H3,(H,15,20)(H,18,19). The zero-order valence-electron chi connectivity index (χ0n) is 11.9. The van der Waals surface area contributed by atoms with Crippen molar-refractivity contribution in [3.8, 4) is 5.75 Å². The largest absolute Gasteiger partial charge is 0.548 e. The number of aliphatic hydroxyl groups is 1. The Labute approximate surface area is 123 Å². The van der Waals surface area contributed by atoms with Crippen molar-refractivity contribution >= 4 is 11.9 Å². The highest BCUT2D eigenvalue weighted by atomic mass is 16.5. The van der Waals surface area contributed by atoms with E-state index in [1.54, 1.807) is 24.3 Å². The lowest BCUT2D eigenvalue weighted by Gasteiger charge is -2.13. The lowest BCUT2D eigenvalue weighted by Crippen LogP contribution is -3.10. The lowest BCUT2D eigenvalue weighted by atomic mass is 10.2. The van der Waals surface area contributed by atoms with Gasteiger partial charge in [-0.25, -0.2) is 0 Å². The molecule has 116 valence electrons. The number of likely N-dealkylation sites (N-methyl/N-ethyl adjacent to an activating group) is 1. The van der Waals surface area contributed by atoms with Crippen molar-refractivity contribution in [3.05, 3.63) is 29.8 Å². The third-order valence-corrected chi connectivity index (χ3v) is 2.83. The number of ether oxygens (including phenoxy) is 1. The summed E-state index contributed by atoms with van der Waals surface area (Å²) in [6, 6.07) is 6.50. The molecule has 7 nitrogen and oxygen atoms in total. The van der Waals surface area contributed by atoms with E-state index in [0.29, 0.717) is 24.5 Å². The fourth-order valence-electron chi connectivity index (χ4n) is 1.64. The number of aliphatic carboxylic acids is 1. The van der Waals surface area contributed by atoms with Crippen LogP contribution in [-0.2, 0) is 4.79 Å². The summed E-state index contributed by atoms with van der Waals surface area (Å²) in [5.74, 6) is -1.30. The first-order chi connectivity index (χ1) is 10.0. The number of quaternary nitrogens is 1. The number of aliphatic hydroxyl groups excluding tert-OH is 1. The third kappa shape index (κ3) is 6.73. The Hall–Kier alpha value is -2.12. The summed E-state index contributed by atoms with van der Waals surface area (Å²) in [5.41, 5.74) is 0.324. The van der Waals surface area contributed by atoms with Crippen molar-refractivity contribution in [3.63, 3.8) is 0 Å². The van der Waals surface area contributed by atoms with Crippen LogP contribution in [0.1, 0.15) is 10.4 Å². The summed E-state index contributed by atoms with van der Waals surface area (Å²) in [6.07, 6.45) is 0. The van der Waals surface area contributed by atoms with E-state index in [2.05, 4.69) is 5.32 Å². The predicted molar refractivity (Wildman–Crippen MR) is 73.0 cm³/mol. The quantitative estimate of drug-likeness (QED) is 0.452. The third-order valence-electron chi connectivity index (χ3n) is 2.83. The molecule has 0 aliphatic rings. The molecule has 1 rings (SSSR count). The normalized spacial score (nSPS) is 11.7. The molecule has 0 heterocycles. The fraction of sp³-hybridized carbons (Fsp3) is 0.429. The molecule has 0 aromatic heterocycles. The second-order valence-corrected chi connectivity index (χ2v) is 4.61. The van der Waals surface area contributed by atoms with Gasteiger partial charge in [0.05, 0.1) is 26.2 Å². The number of carbonyl (C=O) groups excluding carboxylic acids is 2. The van der Waals surface area contributed by atoms with Gasteiger partial charge in [-0.1, -0.05) is 6.07 Å². The first kappa shape index (κ1) is 16.9. The molecular weight excluding hydrogens is 276 g/mol. The Morgan fingerprint density at radius 2 is 2.14 bits per heavy atom. The van der Waals surface area contributed by atoms with Crippen LogP contribution in [0.15, 0.2) is 24.3 Å². The molecule has 1 aromatic carbocycles. The molecule has 1 atom stereocenters. The molecule has 21 heavy (non-hydrogen) atoms. The number of benzene rings is 1.